The number of esters is 1. The molecule has 26 heavy (non-hydrogen) atoms. The van der Waals surface area contributed by atoms with Crippen molar-refractivity contribution in [2.45, 2.75) is 78.3 Å². The Morgan fingerprint density at radius 3 is 2.15 bits per heavy atom. The molecule has 0 radical (unpaired) electrons. The normalized spacial score (nSPS) is 14.0. The summed E-state index contributed by atoms with van der Waals surface area (Å²) in [7, 11) is 1.17. The van der Waals surface area contributed by atoms with Crippen molar-refractivity contribution in [3.05, 3.63) is 0 Å². The number of amides is 1. The third-order valence-electron chi connectivity index (χ3n) is 3.52. The van der Waals surface area contributed by atoms with Crippen LogP contribution in [0.4, 0.5) is 0 Å². The molecule has 1 unspecified atom stereocenters. The van der Waals surface area contributed by atoms with E-state index in [0.29, 0.717) is 6.42 Å². The molecule has 1 amide bonds. The van der Waals surface area contributed by atoms with Gasteiger partial charge >= 0.3 is 5.97 Å². The molecule has 154 valence electrons. The summed E-state index contributed by atoms with van der Waals surface area (Å²) in [4.78, 5) is 24.0. The molecule has 0 heterocycles. The third-order valence-corrected chi connectivity index (χ3v) is 5.00. The van der Waals surface area contributed by atoms with Gasteiger partial charge in [0.25, 0.3) is 0 Å². The number of thiol groups is 1. The number of carbonyl (C=O) groups is 2. The summed E-state index contributed by atoms with van der Waals surface area (Å²) in [6.45, 7) is 15.7. The van der Waals surface area contributed by atoms with E-state index in [4.69, 9.17) is 14.2 Å². The second-order valence-electron chi connectivity index (χ2n) is 8.51. The van der Waals surface area contributed by atoms with Crippen molar-refractivity contribution in [2.75, 3.05) is 19.9 Å². The molecule has 0 rings (SSSR count). The summed E-state index contributed by atoms with van der Waals surface area (Å²) in [5.74, 6) is -0.453. The molecule has 0 aliphatic rings. The Balaban J connectivity index is 4.34. The fraction of sp³-hybridized carbons (Fsp3) is 0.889. The molecule has 0 bridgehead atoms. The number of ether oxygens (including phenoxy) is 3. The SMILES string of the molecule is CC(SS)C(=O)NCCOC(=O)C(C)(C)CC(C)(C)OCOC(C)(C)C. The minimum atomic E-state index is -0.719. The first-order valence-corrected chi connectivity index (χ1v) is 10.7. The van der Waals surface area contributed by atoms with Crippen molar-refractivity contribution in [3.8, 4) is 0 Å². The van der Waals surface area contributed by atoms with Gasteiger partial charge in [-0.15, -0.1) is 11.7 Å². The Bertz CT molecular complexity index is 461. The molecule has 0 saturated carbocycles. The van der Waals surface area contributed by atoms with Crippen molar-refractivity contribution in [1.29, 1.82) is 0 Å². The van der Waals surface area contributed by atoms with Crippen molar-refractivity contribution >= 4 is 34.3 Å². The average molecular weight is 410 g/mol. The van der Waals surface area contributed by atoms with Crippen LogP contribution in [0.25, 0.3) is 0 Å². The van der Waals surface area contributed by atoms with E-state index in [-0.39, 0.29) is 42.7 Å². The number of hydrogen-bond donors (Lipinski definition) is 2. The highest BCUT2D eigenvalue weighted by atomic mass is 33.1. The third kappa shape index (κ3) is 11.3. The van der Waals surface area contributed by atoms with E-state index in [1.165, 1.54) is 10.8 Å². The van der Waals surface area contributed by atoms with Crippen LogP contribution in [0.3, 0.4) is 0 Å². The lowest BCUT2D eigenvalue weighted by Gasteiger charge is -2.34. The first kappa shape index (κ1) is 25.6. The van der Waals surface area contributed by atoms with Gasteiger partial charge in [-0.1, -0.05) is 10.8 Å². The summed E-state index contributed by atoms with van der Waals surface area (Å²) in [6, 6.07) is 0. The predicted molar refractivity (Wildman–Crippen MR) is 109 cm³/mol. The van der Waals surface area contributed by atoms with Crippen LogP contribution in [-0.2, 0) is 23.8 Å². The molecular formula is C18H35NO5S2. The van der Waals surface area contributed by atoms with Gasteiger partial charge in [0.05, 0.1) is 28.4 Å². The van der Waals surface area contributed by atoms with Crippen LogP contribution in [0, 0.1) is 5.41 Å². The van der Waals surface area contributed by atoms with Gasteiger partial charge in [-0.05, 0) is 61.8 Å². The number of hydrogen-bond acceptors (Lipinski definition) is 7. The molecular weight excluding hydrogens is 374 g/mol. The molecule has 0 aromatic rings. The van der Waals surface area contributed by atoms with E-state index in [1.54, 1.807) is 6.92 Å². The Morgan fingerprint density at radius 2 is 1.65 bits per heavy atom. The first-order chi connectivity index (χ1) is 11.7. The average Bonchev–Trinajstić information content (AvgIpc) is 2.47. The van der Waals surface area contributed by atoms with E-state index in [2.05, 4.69) is 17.0 Å². The fourth-order valence-corrected chi connectivity index (χ4v) is 2.72. The summed E-state index contributed by atoms with van der Waals surface area (Å²) >= 11 is 4.00. The summed E-state index contributed by atoms with van der Waals surface area (Å²) < 4.78 is 16.7. The second-order valence-corrected chi connectivity index (χ2v) is 10.1. The zero-order chi connectivity index (χ0) is 20.6. The van der Waals surface area contributed by atoms with Crippen LogP contribution >= 0.6 is 22.5 Å². The Kier molecular flexibility index (Phi) is 10.6. The molecule has 8 heteroatoms. The molecule has 0 aromatic heterocycles. The van der Waals surface area contributed by atoms with Gasteiger partial charge in [0, 0.05) is 0 Å². The topological polar surface area (TPSA) is 73.9 Å². The summed E-state index contributed by atoms with van der Waals surface area (Å²) in [6.07, 6.45) is 0.478. The van der Waals surface area contributed by atoms with Gasteiger partial charge in [0.1, 0.15) is 13.4 Å². The van der Waals surface area contributed by atoms with Crippen LogP contribution in [0.15, 0.2) is 0 Å². The van der Waals surface area contributed by atoms with E-state index in [1.807, 2.05) is 48.5 Å². The molecule has 1 N–H and O–H groups in total. The van der Waals surface area contributed by atoms with Crippen molar-refractivity contribution in [2.24, 2.45) is 5.41 Å². The number of carbonyl (C=O) groups excluding carboxylic acids is 2. The molecule has 0 aromatic carbocycles. The lowest BCUT2D eigenvalue weighted by atomic mass is 9.82. The highest BCUT2D eigenvalue weighted by Crippen LogP contribution is 2.31. The standard InChI is InChI=1S/C18H35NO5S2/c1-13(26-25)14(20)19-9-10-22-15(21)17(5,6)11-18(7,8)24-12-23-16(2,3)4/h13,25H,9-12H2,1-8H3,(H,19,20). The quantitative estimate of drug-likeness (QED) is 0.179. The minimum absolute atomic E-state index is 0.131. The van der Waals surface area contributed by atoms with Crippen molar-refractivity contribution in [1.82, 2.24) is 5.32 Å². The summed E-state index contributed by atoms with van der Waals surface area (Å²) in [5, 5.41) is 2.45. The molecule has 0 aliphatic carbocycles. The second kappa shape index (κ2) is 10.8. The van der Waals surface area contributed by atoms with Gasteiger partial charge < -0.3 is 19.5 Å². The lowest BCUT2D eigenvalue weighted by Crippen LogP contribution is -2.39. The monoisotopic (exact) mass is 409 g/mol. The van der Waals surface area contributed by atoms with E-state index in [9.17, 15) is 9.59 Å². The maximum absolute atomic E-state index is 12.4. The lowest BCUT2D eigenvalue weighted by molar-refractivity contribution is -0.184. The molecule has 6 nitrogen and oxygen atoms in total. The Labute approximate surface area is 167 Å². The maximum atomic E-state index is 12.4. The first-order valence-electron chi connectivity index (χ1n) is 8.73. The van der Waals surface area contributed by atoms with Gasteiger partial charge in [0.2, 0.25) is 5.91 Å². The molecule has 0 aliphatic heterocycles. The van der Waals surface area contributed by atoms with E-state index < -0.39 is 11.0 Å². The van der Waals surface area contributed by atoms with Crippen LogP contribution in [0.1, 0.15) is 61.8 Å². The summed E-state index contributed by atoms with van der Waals surface area (Å²) in [5.41, 5.74) is -1.54. The maximum Gasteiger partial charge on any atom is 0.311 e. The molecule has 0 spiro atoms. The Hall–Kier alpha value is -0.440. The molecule has 1 atom stereocenters. The van der Waals surface area contributed by atoms with Gasteiger partial charge in [-0.2, -0.15) is 0 Å². The van der Waals surface area contributed by atoms with Crippen molar-refractivity contribution < 1.29 is 23.8 Å². The largest absolute Gasteiger partial charge is 0.463 e. The highest BCUT2D eigenvalue weighted by Gasteiger charge is 2.37. The smallest absolute Gasteiger partial charge is 0.311 e. The zero-order valence-corrected chi connectivity index (χ0v) is 19.0. The van der Waals surface area contributed by atoms with E-state index in [0.717, 1.165) is 0 Å². The van der Waals surface area contributed by atoms with Crippen LogP contribution in [0.5, 0.6) is 0 Å². The number of nitrogens with one attached hydrogen (secondary N) is 1. The molecule has 0 fully saturated rings. The predicted octanol–water partition coefficient (Wildman–Crippen LogP) is 3.60. The fourth-order valence-electron chi connectivity index (χ4n) is 2.26. The molecule has 0 saturated heterocycles. The van der Waals surface area contributed by atoms with Gasteiger partial charge in [-0.25, -0.2) is 0 Å². The minimum Gasteiger partial charge on any atom is -0.463 e. The van der Waals surface area contributed by atoms with E-state index >= 15 is 0 Å². The van der Waals surface area contributed by atoms with Crippen molar-refractivity contribution in [3.63, 3.8) is 0 Å². The van der Waals surface area contributed by atoms with Crippen LogP contribution < -0.4 is 5.32 Å². The van der Waals surface area contributed by atoms with Gasteiger partial charge in [0.15, 0.2) is 0 Å². The zero-order valence-electron chi connectivity index (χ0n) is 17.3. The number of rotatable bonds is 11. The highest BCUT2D eigenvalue weighted by molar-refractivity contribution is 8.69. The van der Waals surface area contributed by atoms with Gasteiger partial charge in [-0.3, -0.25) is 9.59 Å². The van der Waals surface area contributed by atoms with Crippen LogP contribution in [0.2, 0.25) is 0 Å². The van der Waals surface area contributed by atoms with Crippen LogP contribution in [-0.4, -0.2) is 48.3 Å². The Morgan fingerprint density at radius 1 is 1.08 bits per heavy atom.